The Labute approximate surface area is 155 Å². The highest BCUT2D eigenvalue weighted by atomic mass is 14.9. The summed E-state index contributed by atoms with van der Waals surface area (Å²) in [5, 5.41) is 3.42. The molecule has 0 unspecified atom stereocenters. The summed E-state index contributed by atoms with van der Waals surface area (Å²) in [6, 6.07) is 38.3. The summed E-state index contributed by atoms with van der Waals surface area (Å²) >= 11 is 0. The highest BCUT2D eigenvalue weighted by Crippen LogP contribution is 2.24. The second-order valence-electron chi connectivity index (χ2n) is 6.43. The molecule has 126 valence electrons. The Bertz CT molecular complexity index is 857. The van der Waals surface area contributed by atoms with Gasteiger partial charge in [0.05, 0.1) is 0 Å². The van der Waals surface area contributed by atoms with Crippen LogP contribution < -0.4 is 5.32 Å². The van der Waals surface area contributed by atoms with Crippen molar-refractivity contribution in [3.63, 3.8) is 0 Å². The molecule has 0 spiro atoms. The van der Waals surface area contributed by atoms with Gasteiger partial charge in [0.25, 0.3) is 0 Å². The number of benzene rings is 4. The second kappa shape index (κ2) is 7.71. The lowest BCUT2D eigenvalue weighted by atomic mass is 10.0. The van der Waals surface area contributed by atoms with Crippen LogP contribution in [-0.4, -0.2) is 0 Å². The zero-order valence-corrected chi connectivity index (χ0v) is 14.6. The van der Waals surface area contributed by atoms with Crippen molar-refractivity contribution in [2.45, 2.75) is 6.42 Å². The van der Waals surface area contributed by atoms with Crippen LogP contribution >= 0.6 is 0 Å². The normalized spacial score (nSPS) is 10.5. The molecule has 1 nitrogen and oxygen atoms in total. The van der Waals surface area contributed by atoms with Crippen molar-refractivity contribution >= 4 is 11.4 Å². The van der Waals surface area contributed by atoms with Crippen LogP contribution in [-0.2, 0) is 6.42 Å². The van der Waals surface area contributed by atoms with E-state index in [-0.39, 0.29) is 0 Å². The van der Waals surface area contributed by atoms with Crippen LogP contribution in [0.3, 0.4) is 0 Å². The molecule has 1 N–H and O–H groups in total. The van der Waals surface area contributed by atoms with Crippen molar-refractivity contribution in [1.82, 2.24) is 0 Å². The topological polar surface area (TPSA) is 12.0 Å². The zero-order valence-electron chi connectivity index (χ0n) is 14.6. The number of para-hydroxylation sites is 1. The molecule has 0 heterocycles. The third-order valence-electron chi connectivity index (χ3n) is 4.49. The fraction of sp³-hybridized carbons (Fsp3) is 0.0400. The van der Waals surface area contributed by atoms with Crippen molar-refractivity contribution in [3.05, 3.63) is 120 Å². The van der Waals surface area contributed by atoms with E-state index in [1.807, 2.05) is 18.2 Å². The third-order valence-corrected chi connectivity index (χ3v) is 4.49. The molecule has 0 aromatic heterocycles. The molecule has 0 amide bonds. The molecule has 4 aromatic rings. The zero-order chi connectivity index (χ0) is 17.6. The van der Waals surface area contributed by atoms with Gasteiger partial charge in [0.2, 0.25) is 0 Å². The molecule has 4 aromatic carbocycles. The standard InChI is InChI=1S/C25H21N/c1-3-7-20(8-4-1)19-21-11-13-22(14-12-21)23-15-17-25(18-16-23)26-24-9-5-2-6-10-24/h1-18,26H,19H2. The molecule has 0 aliphatic carbocycles. The van der Waals surface area contributed by atoms with E-state index in [9.17, 15) is 0 Å². The molecular formula is C25H21N. The molecule has 1 heteroatoms. The predicted molar refractivity (Wildman–Crippen MR) is 111 cm³/mol. The SMILES string of the molecule is c1ccc(Cc2ccc(-c3ccc(Nc4ccccc4)cc3)cc2)cc1. The Kier molecular flexibility index (Phi) is 4.79. The fourth-order valence-corrected chi connectivity index (χ4v) is 3.08. The largest absolute Gasteiger partial charge is 0.356 e. The van der Waals surface area contributed by atoms with Crippen molar-refractivity contribution < 1.29 is 0 Å². The first kappa shape index (κ1) is 16.2. The number of anilines is 2. The first-order valence-electron chi connectivity index (χ1n) is 8.92. The fourth-order valence-electron chi connectivity index (χ4n) is 3.08. The number of hydrogen-bond acceptors (Lipinski definition) is 1. The van der Waals surface area contributed by atoms with Crippen LogP contribution in [0, 0.1) is 0 Å². The summed E-state index contributed by atoms with van der Waals surface area (Å²) in [5.74, 6) is 0. The van der Waals surface area contributed by atoms with E-state index in [4.69, 9.17) is 0 Å². The minimum absolute atomic E-state index is 0.973. The lowest BCUT2D eigenvalue weighted by Crippen LogP contribution is -1.90. The Hall–Kier alpha value is -3.32. The Balaban J connectivity index is 1.45. The lowest BCUT2D eigenvalue weighted by molar-refractivity contribution is 1.19. The van der Waals surface area contributed by atoms with E-state index < -0.39 is 0 Å². The van der Waals surface area contributed by atoms with Gasteiger partial charge in [0.15, 0.2) is 0 Å². The van der Waals surface area contributed by atoms with E-state index >= 15 is 0 Å². The van der Waals surface area contributed by atoms with Crippen LogP contribution in [0.2, 0.25) is 0 Å². The van der Waals surface area contributed by atoms with E-state index in [1.165, 1.54) is 22.3 Å². The Morgan fingerprint density at radius 3 is 1.50 bits per heavy atom. The average molecular weight is 335 g/mol. The summed E-state index contributed by atoms with van der Waals surface area (Å²) in [4.78, 5) is 0. The second-order valence-corrected chi connectivity index (χ2v) is 6.43. The smallest absolute Gasteiger partial charge is 0.0384 e. The van der Waals surface area contributed by atoms with Crippen LogP contribution in [0.5, 0.6) is 0 Å². The summed E-state index contributed by atoms with van der Waals surface area (Å²) in [5.41, 5.74) is 7.35. The minimum Gasteiger partial charge on any atom is -0.356 e. The van der Waals surface area contributed by atoms with Crippen LogP contribution in [0.4, 0.5) is 11.4 Å². The summed E-state index contributed by atoms with van der Waals surface area (Å²) in [6.07, 6.45) is 0.973. The van der Waals surface area contributed by atoms with Gasteiger partial charge < -0.3 is 5.32 Å². The van der Waals surface area contributed by atoms with Gasteiger partial charge in [-0.15, -0.1) is 0 Å². The summed E-state index contributed by atoms with van der Waals surface area (Å²) in [7, 11) is 0. The van der Waals surface area contributed by atoms with E-state index in [0.29, 0.717) is 0 Å². The first-order chi connectivity index (χ1) is 12.9. The molecule has 0 bridgehead atoms. The maximum absolute atomic E-state index is 3.42. The van der Waals surface area contributed by atoms with Crippen molar-refractivity contribution in [2.75, 3.05) is 5.32 Å². The van der Waals surface area contributed by atoms with E-state index in [1.54, 1.807) is 0 Å². The predicted octanol–water partition coefficient (Wildman–Crippen LogP) is 6.69. The molecule has 0 saturated heterocycles. The molecule has 0 fully saturated rings. The molecular weight excluding hydrogens is 314 g/mol. The monoisotopic (exact) mass is 335 g/mol. The molecule has 0 atom stereocenters. The number of rotatable bonds is 5. The number of hydrogen-bond donors (Lipinski definition) is 1. The van der Waals surface area contributed by atoms with Gasteiger partial charge >= 0.3 is 0 Å². The van der Waals surface area contributed by atoms with Crippen LogP contribution in [0.15, 0.2) is 109 Å². The average Bonchev–Trinajstić information content (AvgIpc) is 2.71. The molecule has 0 saturated carbocycles. The summed E-state index contributed by atoms with van der Waals surface area (Å²) in [6.45, 7) is 0. The Morgan fingerprint density at radius 2 is 0.885 bits per heavy atom. The van der Waals surface area contributed by atoms with Crippen molar-refractivity contribution in [2.24, 2.45) is 0 Å². The van der Waals surface area contributed by atoms with Gasteiger partial charge in [-0.3, -0.25) is 0 Å². The first-order valence-corrected chi connectivity index (χ1v) is 8.92. The maximum Gasteiger partial charge on any atom is 0.0384 e. The van der Waals surface area contributed by atoms with Gasteiger partial charge in [-0.2, -0.15) is 0 Å². The maximum atomic E-state index is 3.42. The van der Waals surface area contributed by atoms with Crippen LogP contribution in [0.25, 0.3) is 11.1 Å². The quantitative estimate of drug-likeness (QED) is 0.428. The molecule has 0 aliphatic heterocycles. The molecule has 4 rings (SSSR count). The molecule has 26 heavy (non-hydrogen) atoms. The Morgan fingerprint density at radius 1 is 0.423 bits per heavy atom. The van der Waals surface area contributed by atoms with Gasteiger partial charge in [-0.25, -0.2) is 0 Å². The molecule has 0 radical (unpaired) electrons. The molecule has 0 aliphatic rings. The lowest BCUT2D eigenvalue weighted by Gasteiger charge is -2.08. The van der Waals surface area contributed by atoms with E-state index in [2.05, 4.69) is 96.3 Å². The van der Waals surface area contributed by atoms with Gasteiger partial charge in [-0.05, 0) is 52.9 Å². The summed E-state index contributed by atoms with van der Waals surface area (Å²) < 4.78 is 0. The van der Waals surface area contributed by atoms with Crippen molar-refractivity contribution in [3.8, 4) is 11.1 Å². The highest BCUT2D eigenvalue weighted by molar-refractivity contribution is 5.68. The van der Waals surface area contributed by atoms with Gasteiger partial charge in [0.1, 0.15) is 0 Å². The van der Waals surface area contributed by atoms with Gasteiger partial charge in [0, 0.05) is 11.4 Å². The van der Waals surface area contributed by atoms with Crippen LogP contribution in [0.1, 0.15) is 11.1 Å². The number of nitrogens with one attached hydrogen (secondary N) is 1. The van der Waals surface area contributed by atoms with Gasteiger partial charge in [-0.1, -0.05) is 84.9 Å². The third kappa shape index (κ3) is 4.01. The van der Waals surface area contributed by atoms with Crippen molar-refractivity contribution in [1.29, 1.82) is 0 Å². The highest BCUT2D eigenvalue weighted by Gasteiger charge is 2.01. The minimum atomic E-state index is 0.973. The van der Waals surface area contributed by atoms with E-state index in [0.717, 1.165) is 17.8 Å².